The van der Waals surface area contributed by atoms with E-state index < -0.39 is 4.92 Å². The number of nitro benzene ring substituents is 1. The van der Waals surface area contributed by atoms with E-state index in [2.05, 4.69) is 0 Å². The molecule has 7 heteroatoms. The molecule has 0 bridgehead atoms. The minimum atomic E-state index is -0.531. The van der Waals surface area contributed by atoms with Gasteiger partial charge in [-0.15, -0.1) is 11.6 Å². The standard InChI is InChI=1S/C12H13ClN2O4/c13-5-8-3-12(17)14(6-8)11-2-1-10(15(18)19)4-9(11)7-16/h1-2,4,8,16H,3,5-7H2. The van der Waals surface area contributed by atoms with Crippen LogP contribution in [0.2, 0.25) is 0 Å². The molecule has 0 aliphatic carbocycles. The Labute approximate surface area is 114 Å². The number of nitrogens with zero attached hydrogens (tertiary/aromatic N) is 2. The molecule has 1 unspecified atom stereocenters. The van der Waals surface area contributed by atoms with Crippen molar-refractivity contribution in [2.75, 3.05) is 17.3 Å². The van der Waals surface area contributed by atoms with Crippen LogP contribution >= 0.6 is 11.6 Å². The van der Waals surface area contributed by atoms with Gasteiger partial charge in [-0.05, 0) is 12.0 Å². The van der Waals surface area contributed by atoms with Crippen LogP contribution in [-0.2, 0) is 11.4 Å². The van der Waals surface area contributed by atoms with Crippen molar-refractivity contribution in [3.8, 4) is 0 Å². The van der Waals surface area contributed by atoms with Crippen molar-refractivity contribution in [2.45, 2.75) is 13.0 Å². The van der Waals surface area contributed by atoms with Crippen molar-refractivity contribution in [1.82, 2.24) is 0 Å². The van der Waals surface area contributed by atoms with Crippen LogP contribution in [0.25, 0.3) is 0 Å². The molecule has 0 radical (unpaired) electrons. The van der Waals surface area contributed by atoms with E-state index in [4.69, 9.17) is 11.6 Å². The summed E-state index contributed by atoms with van der Waals surface area (Å²) in [5.74, 6) is 0.397. The lowest BCUT2D eigenvalue weighted by molar-refractivity contribution is -0.384. The minimum absolute atomic E-state index is 0.0748. The maximum absolute atomic E-state index is 11.9. The highest BCUT2D eigenvalue weighted by Crippen LogP contribution is 2.31. The van der Waals surface area contributed by atoms with E-state index in [1.165, 1.54) is 23.1 Å². The SMILES string of the molecule is O=C1CC(CCl)CN1c1ccc([N+](=O)[O-])cc1CO. The fourth-order valence-electron chi connectivity index (χ4n) is 2.19. The molecule has 1 aliphatic rings. The number of hydrogen-bond donors (Lipinski definition) is 1. The van der Waals surface area contributed by atoms with E-state index in [-0.39, 0.29) is 24.1 Å². The normalized spacial score (nSPS) is 18.9. The first-order valence-corrected chi connectivity index (χ1v) is 6.34. The van der Waals surface area contributed by atoms with E-state index in [9.17, 15) is 20.0 Å². The summed E-state index contributed by atoms with van der Waals surface area (Å²) in [6, 6.07) is 4.12. The van der Waals surface area contributed by atoms with Crippen molar-refractivity contribution in [3.63, 3.8) is 0 Å². The van der Waals surface area contributed by atoms with Crippen molar-refractivity contribution >= 4 is 28.9 Å². The molecule has 1 aliphatic heterocycles. The molecule has 0 saturated carbocycles. The fraction of sp³-hybridized carbons (Fsp3) is 0.417. The van der Waals surface area contributed by atoms with Crippen LogP contribution in [0.4, 0.5) is 11.4 Å². The van der Waals surface area contributed by atoms with Crippen LogP contribution in [-0.4, -0.2) is 28.4 Å². The summed E-state index contributed by atoms with van der Waals surface area (Å²) in [6.45, 7) is 0.124. The molecular weight excluding hydrogens is 272 g/mol. The maximum atomic E-state index is 11.9. The summed E-state index contributed by atoms with van der Waals surface area (Å²) >= 11 is 5.75. The highest BCUT2D eigenvalue weighted by atomic mass is 35.5. The van der Waals surface area contributed by atoms with Crippen LogP contribution < -0.4 is 4.90 Å². The number of non-ortho nitro benzene ring substituents is 1. The zero-order valence-corrected chi connectivity index (χ0v) is 10.8. The van der Waals surface area contributed by atoms with E-state index in [1.54, 1.807) is 0 Å². The Hall–Kier alpha value is -1.66. The van der Waals surface area contributed by atoms with Gasteiger partial charge in [0.1, 0.15) is 0 Å². The zero-order valence-electron chi connectivity index (χ0n) is 10.1. The van der Waals surface area contributed by atoms with E-state index in [0.717, 1.165) is 0 Å². The lowest BCUT2D eigenvalue weighted by Gasteiger charge is -2.19. The van der Waals surface area contributed by atoms with Crippen molar-refractivity contribution in [3.05, 3.63) is 33.9 Å². The predicted octanol–water partition coefficient (Wildman–Crippen LogP) is 1.68. The molecule has 102 valence electrons. The Morgan fingerprint density at radius 2 is 2.26 bits per heavy atom. The molecule has 1 aromatic carbocycles. The Morgan fingerprint density at radius 1 is 1.53 bits per heavy atom. The van der Waals surface area contributed by atoms with Gasteiger partial charge < -0.3 is 10.0 Å². The van der Waals surface area contributed by atoms with Gasteiger partial charge in [0.2, 0.25) is 5.91 Å². The topological polar surface area (TPSA) is 83.7 Å². The molecule has 1 fully saturated rings. The Morgan fingerprint density at radius 3 is 2.79 bits per heavy atom. The monoisotopic (exact) mass is 284 g/mol. The van der Waals surface area contributed by atoms with Gasteiger partial charge in [0.25, 0.3) is 5.69 Å². The summed E-state index contributed by atoms with van der Waals surface area (Å²) in [5.41, 5.74) is 0.789. The molecule has 1 saturated heterocycles. The van der Waals surface area contributed by atoms with Gasteiger partial charge in [-0.25, -0.2) is 0 Å². The van der Waals surface area contributed by atoms with Crippen LogP contribution in [0, 0.1) is 16.0 Å². The first-order chi connectivity index (χ1) is 9.06. The van der Waals surface area contributed by atoms with Crippen LogP contribution in [0.1, 0.15) is 12.0 Å². The molecule has 2 rings (SSSR count). The molecular formula is C12H13ClN2O4. The lowest BCUT2D eigenvalue weighted by Crippen LogP contribution is -2.25. The number of hydrogen-bond acceptors (Lipinski definition) is 4. The van der Waals surface area contributed by atoms with Crippen LogP contribution in [0.5, 0.6) is 0 Å². The van der Waals surface area contributed by atoms with Gasteiger partial charge in [-0.1, -0.05) is 0 Å². The van der Waals surface area contributed by atoms with Crippen molar-refractivity contribution < 1.29 is 14.8 Å². The van der Waals surface area contributed by atoms with Crippen molar-refractivity contribution in [1.29, 1.82) is 0 Å². The molecule has 0 aromatic heterocycles. The largest absolute Gasteiger partial charge is 0.392 e. The molecule has 0 spiro atoms. The van der Waals surface area contributed by atoms with Crippen LogP contribution in [0.3, 0.4) is 0 Å². The third-order valence-electron chi connectivity index (χ3n) is 3.16. The van der Waals surface area contributed by atoms with Crippen molar-refractivity contribution in [2.24, 2.45) is 5.92 Å². The quantitative estimate of drug-likeness (QED) is 0.518. The highest BCUT2D eigenvalue weighted by Gasteiger charge is 2.31. The Bertz CT molecular complexity index is 520. The minimum Gasteiger partial charge on any atom is -0.392 e. The average molecular weight is 285 g/mol. The summed E-state index contributed by atoms with van der Waals surface area (Å²) in [6.07, 6.45) is 0.366. The van der Waals surface area contributed by atoms with Crippen LogP contribution in [0.15, 0.2) is 18.2 Å². The third kappa shape index (κ3) is 2.69. The number of carbonyl (C=O) groups is 1. The van der Waals surface area contributed by atoms with E-state index in [1.807, 2.05) is 0 Å². The summed E-state index contributed by atoms with van der Waals surface area (Å²) in [5, 5.41) is 20.0. The molecule has 1 amide bonds. The number of aliphatic hydroxyl groups excluding tert-OH is 1. The summed E-state index contributed by atoms with van der Waals surface area (Å²) in [4.78, 5) is 23.6. The van der Waals surface area contributed by atoms with E-state index in [0.29, 0.717) is 30.1 Å². The molecule has 1 aromatic rings. The number of carbonyl (C=O) groups excluding carboxylic acids is 1. The van der Waals surface area contributed by atoms with Gasteiger partial charge in [0.05, 0.1) is 11.5 Å². The number of rotatable bonds is 4. The third-order valence-corrected chi connectivity index (χ3v) is 3.59. The number of halogens is 1. The predicted molar refractivity (Wildman–Crippen MR) is 70.2 cm³/mol. The van der Waals surface area contributed by atoms with Gasteiger partial charge >= 0.3 is 0 Å². The highest BCUT2D eigenvalue weighted by molar-refractivity contribution is 6.18. The number of anilines is 1. The number of alkyl halides is 1. The first-order valence-electron chi connectivity index (χ1n) is 5.81. The van der Waals surface area contributed by atoms with Gasteiger partial charge in [-0.2, -0.15) is 0 Å². The van der Waals surface area contributed by atoms with Gasteiger partial charge in [0, 0.05) is 42.2 Å². The maximum Gasteiger partial charge on any atom is 0.269 e. The molecule has 6 nitrogen and oxygen atoms in total. The fourth-order valence-corrected chi connectivity index (χ4v) is 2.40. The molecule has 1 atom stereocenters. The lowest BCUT2D eigenvalue weighted by atomic mass is 10.1. The number of nitro groups is 1. The second kappa shape index (κ2) is 5.54. The molecule has 1 heterocycles. The average Bonchev–Trinajstić information content (AvgIpc) is 2.79. The summed E-state index contributed by atoms with van der Waals surface area (Å²) in [7, 11) is 0. The first kappa shape index (κ1) is 13.8. The molecule has 19 heavy (non-hydrogen) atoms. The van der Waals surface area contributed by atoms with Gasteiger partial charge in [0.15, 0.2) is 0 Å². The second-order valence-corrected chi connectivity index (χ2v) is 4.77. The number of benzene rings is 1. The smallest absolute Gasteiger partial charge is 0.269 e. The number of amides is 1. The zero-order chi connectivity index (χ0) is 14.0. The van der Waals surface area contributed by atoms with E-state index >= 15 is 0 Å². The Kier molecular flexibility index (Phi) is 4.01. The Balaban J connectivity index is 2.34. The second-order valence-electron chi connectivity index (χ2n) is 4.46. The molecule has 1 N–H and O–H groups in total. The van der Waals surface area contributed by atoms with Gasteiger partial charge in [-0.3, -0.25) is 14.9 Å². The summed E-state index contributed by atoms with van der Waals surface area (Å²) < 4.78 is 0. The number of aliphatic hydroxyl groups is 1.